The Balaban J connectivity index is 1.49. The Bertz CT molecular complexity index is 686. The van der Waals surface area contributed by atoms with Gasteiger partial charge in [0, 0.05) is 27.2 Å². The first-order valence-electron chi connectivity index (χ1n) is 8.65. The van der Waals surface area contributed by atoms with Crippen LogP contribution in [0.4, 0.5) is 5.95 Å². The maximum atomic E-state index is 12.5. The van der Waals surface area contributed by atoms with Crippen molar-refractivity contribution < 1.29 is 9.32 Å². The molecular formula is C18H25N5O2. The zero-order valence-corrected chi connectivity index (χ0v) is 14.8. The average Bonchev–Trinajstić information content (AvgIpc) is 3.10. The standard InChI is InChI=1S/C18H25N5O2/c1-22(2)18-20-16(25-21-18)11-19-17(24)15-9-6-10-23(13-15)12-14-7-4-3-5-8-14/h3-5,7-8,15H,6,9-13H2,1-2H3,(H,19,24). The summed E-state index contributed by atoms with van der Waals surface area (Å²) in [5, 5.41) is 6.77. The van der Waals surface area contributed by atoms with Gasteiger partial charge in [0.05, 0.1) is 12.5 Å². The summed E-state index contributed by atoms with van der Waals surface area (Å²) < 4.78 is 5.14. The lowest BCUT2D eigenvalue weighted by Crippen LogP contribution is -2.42. The highest BCUT2D eigenvalue weighted by Crippen LogP contribution is 2.19. The number of anilines is 1. The molecule has 1 atom stereocenters. The second-order valence-corrected chi connectivity index (χ2v) is 6.66. The summed E-state index contributed by atoms with van der Waals surface area (Å²) in [6, 6.07) is 10.4. The molecule has 1 N–H and O–H groups in total. The first-order valence-corrected chi connectivity index (χ1v) is 8.65. The number of hydrogen-bond acceptors (Lipinski definition) is 6. The molecule has 0 radical (unpaired) electrons. The lowest BCUT2D eigenvalue weighted by molar-refractivity contribution is -0.127. The van der Waals surface area contributed by atoms with Gasteiger partial charge in [0.25, 0.3) is 5.95 Å². The first-order chi connectivity index (χ1) is 12.1. The van der Waals surface area contributed by atoms with Gasteiger partial charge in [-0.1, -0.05) is 30.3 Å². The largest absolute Gasteiger partial charge is 0.347 e. The van der Waals surface area contributed by atoms with E-state index in [-0.39, 0.29) is 18.4 Å². The average molecular weight is 343 g/mol. The number of rotatable bonds is 6. The smallest absolute Gasteiger partial charge is 0.265 e. The van der Waals surface area contributed by atoms with E-state index in [9.17, 15) is 4.79 Å². The number of likely N-dealkylation sites (tertiary alicyclic amines) is 1. The van der Waals surface area contributed by atoms with Crippen LogP contribution in [0.1, 0.15) is 24.3 Å². The summed E-state index contributed by atoms with van der Waals surface area (Å²) >= 11 is 0. The van der Waals surface area contributed by atoms with Crippen molar-refractivity contribution in [2.24, 2.45) is 5.92 Å². The second-order valence-electron chi connectivity index (χ2n) is 6.66. The Morgan fingerprint density at radius 1 is 1.36 bits per heavy atom. The summed E-state index contributed by atoms with van der Waals surface area (Å²) in [7, 11) is 3.69. The third-order valence-electron chi connectivity index (χ3n) is 4.40. The highest BCUT2D eigenvalue weighted by molar-refractivity contribution is 5.78. The zero-order valence-electron chi connectivity index (χ0n) is 14.8. The fraction of sp³-hybridized carbons (Fsp3) is 0.500. The zero-order chi connectivity index (χ0) is 17.6. The lowest BCUT2D eigenvalue weighted by Gasteiger charge is -2.31. The van der Waals surface area contributed by atoms with Crippen LogP contribution in [0.5, 0.6) is 0 Å². The van der Waals surface area contributed by atoms with E-state index in [4.69, 9.17) is 4.52 Å². The van der Waals surface area contributed by atoms with E-state index in [1.165, 1.54) is 5.56 Å². The molecule has 1 aliphatic rings. The van der Waals surface area contributed by atoms with Crippen LogP contribution in [0.3, 0.4) is 0 Å². The number of benzene rings is 1. The maximum absolute atomic E-state index is 12.5. The molecule has 134 valence electrons. The number of nitrogens with one attached hydrogen (secondary N) is 1. The van der Waals surface area contributed by atoms with Gasteiger partial charge in [-0.2, -0.15) is 4.98 Å². The molecule has 0 bridgehead atoms. The number of carbonyl (C=O) groups is 1. The third-order valence-corrected chi connectivity index (χ3v) is 4.40. The van der Waals surface area contributed by atoms with Crippen molar-refractivity contribution >= 4 is 11.9 Å². The molecule has 1 amide bonds. The first kappa shape index (κ1) is 17.4. The summed E-state index contributed by atoms with van der Waals surface area (Å²) in [6.07, 6.45) is 1.96. The number of amides is 1. The minimum atomic E-state index is 0.00806. The van der Waals surface area contributed by atoms with Gasteiger partial charge >= 0.3 is 0 Å². The predicted octanol–water partition coefficient (Wildman–Crippen LogP) is 1.66. The summed E-state index contributed by atoms with van der Waals surface area (Å²) in [4.78, 5) is 20.8. The summed E-state index contributed by atoms with van der Waals surface area (Å²) in [6.45, 7) is 2.98. The molecule has 1 saturated heterocycles. The number of nitrogens with zero attached hydrogens (tertiary/aromatic N) is 4. The molecule has 1 unspecified atom stereocenters. The van der Waals surface area contributed by atoms with E-state index >= 15 is 0 Å². The molecule has 0 saturated carbocycles. The third kappa shape index (κ3) is 4.79. The molecule has 0 aliphatic carbocycles. The van der Waals surface area contributed by atoms with Crippen molar-refractivity contribution in [3.8, 4) is 0 Å². The number of carbonyl (C=O) groups excluding carboxylic acids is 1. The Labute approximate surface area is 148 Å². The van der Waals surface area contributed by atoms with Crippen LogP contribution in [-0.4, -0.2) is 48.1 Å². The molecule has 1 aliphatic heterocycles. The van der Waals surface area contributed by atoms with Gasteiger partial charge in [0.2, 0.25) is 11.8 Å². The lowest BCUT2D eigenvalue weighted by atomic mass is 9.96. The van der Waals surface area contributed by atoms with E-state index in [1.807, 2.05) is 20.2 Å². The molecule has 25 heavy (non-hydrogen) atoms. The topological polar surface area (TPSA) is 74.5 Å². The van der Waals surface area contributed by atoms with Crippen molar-refractivity contribution in [3.63, 3.8) is 0 Å². The fourth-order valence-electron chi connectivity index (χ4n) is 3.06. The molecule has 1 aromatic heterocycles. The van der Waals surface area contributed by atoms with E-state index < -0.39 is 0 Å². The molecule has 7 nitrogen and oxygen atoms in total. The van der Waals surface area contributed by atoms with E-state index in [1.54, 1.807) is 4.90 Å². The molecule has 7 heteroatoms. The highest BCUT2D eigenvalue weighted by Gasteiger charge is 2.26. The second kappa shape index (κ2) is 8.11. The molecule has 1 aromatic carbocycles. The van der Waals surface area contributed by atoms with Gasteiger partial charge in [0.1, 0.15) is 0 Å². The molecule has 1 fully saturated rings. The van der Waals surface area contributed by atoms with Crippen molar-refractivity contribution in [1.82, 2.24) is 20.4 Å². The van der Waals surface area contributed by atoms with E-state index in [0.29, 0.717) is 11.8 Å². The van der Waals surface area contributed by atoms with Gasteiger partial charge < -0.3 is 14.7 Å². The van der Waals surface area contributed by atoms with E-state index in [0.717, 1.165) is 32.5 Å². The molecule has 0 spiro atoms. The molecule has 2 heterocycles. The monoisotopic (exact) mass is 343 g/mol. The van der Waals surface area contributed by atoms with Crippen LogP contribution in [-0.2, 0) is 17.9 Å². The normalized spacial score (nSPS) is 18.1. The summed E-state index contributed by atoms with van der Waals surface area (Å²) in [5.74, 6) is 1.00. The number of hydrogen-bond donors (Lipinski definition) is 1. The van der Waals surface area contributed by atoms with Crippen molar-refractivity contribution in [2.45, 2.75) is 25.9 Å². The van der Waals surface area contributed by atoms with Gasteiger partial charge in [0.15, 0.2) is 0 Å². The summed E-state index contributed by atoms with van der Waals surface area (Å²) in [5.41, 5.74) is 1.28. The van der Waals surface area contributed by atoms with Crippen molar-refractivity contribution in [2.75, 3.05) is 32.1 Å². The Morgan fingerprint density at radius 3 is 2.88 bits per heavy atom. The Kier molecular flexibility index (Phi) is 5.65. The maximum Gasteiger partial charge on any atom is 0.265 e. The predicted molar refractivity (Wildman–Crippen MR) is 94.9 cm³/mol. The number of piperidine rings is 1. The van der Waals surface area contributed by atoms with Gasteiger partial charge in [-0.3, -0.25) is 9.69 Å². The van der Waals surface area contributed by atoms with Gasteiger partial charge in [-0.05, 0) is 30.1 Å². The van der Waals surface area contributed by atoms with Crippen molar-refractivity contribution in [1.29, 1.82) is 0 Å². The van der Waals surface area contributed by atoms with E-state index in [2.05, 4.69) is 44.6 Å². The van der Waals surface area contributed by atoms with Gasteiger partial charge in [-0.15, -0.1) is 0 Å². The minimum Gasteiger partial charge on any atom is -0.347 e. The van der Waals surface area contributed by atoms with Crippen LogP contribution in [0, 0.1) is 5.92 Å². The molecular weight excluding hydrogens is 318 g/mol. The molecule has 2 aromatic rings. The van der Waals surface area contributed by atoms with Crippen LogP contribution >= 0.6 is 0 Å². The minimum absolute atomic E-state index is 0.00806. The van der Waals surface area contributed by atoms with Crippen molar-refractivity contribution in [3.05, 3.63) is 41.8 Å². The molecule has 3 rings (SSSR count). The quantitative estimate of drug-likeness (QED) is 0.860. The van der Waals surface area contributed by atoms with Gasteiger partial charge in [-0.25, -0.2) is 0 Å². The van der Waals surface area contributed by atoms with Crippen LogP contribution in [0.2, 0.25) is 0 Å². The SMILES string of the molecule is CN(C)c1noc(CNC(=O)C2CCCN(Cc3ccccc3)C2)n1. The van der Waals surface area contributed by atoms with Crippen LogP contribution in [0.25, 0.3) is 0 Å². The highest BCUT2D eigenvalue weighted by atomic mass is 16.5. The fourth-order valence-corrected chi connectivity index (χ4v) is 3.06. The Hall–Kier alpha value is -2.41. The Morgan fingerprint density at radius 2 is 2.16 bits per heavy atom. The number of aromatic nitrogens is 2. The van der Waals surface area contributed by atoms with Crippen LogP contribution < -0.4 is 10.2 Å². The van der Waals surface area contributed by atoms with Crippen LogP contribution in [0.15, 0.2) is 34.9 Å².